The Labute approximate surface area is 109 Å². The quantitative estimate of drug-likeness (QED) is 0.864. The second kappa shape index (κ2) is 4.73. The summed E-state index contributed by atoms with van der Waals surface area (Å²) >= 11 is 0. The van der Waals surface area contributed by atoms with E-state index in [4.69, 9.17) is 0 Å². The molecular formula is C15H22N2O. The molecular weight excluding hydrogens is 224 g/mol. The number of nitrogens with zero attached hydrogens (tertiary/aromatic N) is 1. The highest BCUT2D eigenvalue weighted by Crippen LogP contribution is 2.34. The maximum atomic E-state index is 12.6. The van der Waals surface area contributed by atoms with Crippen molar-refractivity contribution in [3.05, 3.63) is 35.4 Å². The van der Waals surface area contributed by atoms with Gasteiger partial charge in [-0.3, -0.25) is 4.79 Å². The highest BCUT2D eigenvalue weighted by molar-refractivity contribution is 5.84. The van der Waals surface area contributed by atoms with Gasteiger partial charge in [0.25, 0.3) is 0 Å². The third-order valence-electron chi connectivity index (χ3n) is 4.02. The molecule has 0 saturated heterocycles. The van der Waals surface area contributed by atoms with E-state index in [0.717, 1.165) is 6.54 Å². The summed E-state index contributed by atoms with van der Waals surface area (Å²) in [4.78, 5) is 14.5. The third-order valence-corrected chi connectivity index (χ3v) is 4.02. The molecule has 0 aliphatic carbocycles. The molecule has 1 atom stereocenters. The summed E-state index contributed by atoms with van der Waals surface area (Å²) in [5, 5.41) is 3.20. The maximum absolute atomic E-state index is 12.6. The summed E-state index contributed by atoms with van der Waals surface area (Å²) < 4.78 is 0. The minimum absolute atomic E-state index is 0.166. The Morgan fingerprint density at radius 1 is 1.39 bits per heavy atom. The van der Waals surface area contributed by atoms with Crippen molar-refractivity contribution in [2.75, 3.05) is 13.6 Å². The van der Waals surface area contributed by atoms with Crippen LogP contribution < -0.4 is 5.32 Å². The minimum Gasteiger partial charge on any atom is -0.337 e. The van der Waals surface area contributed by atoms with E-state index in [9.17, 15) is 4.79 Å². The molecule has 98 valence electrons. The molecule has 18 heavy (non-hydrogen) atoms. The Morgan fingerprint density at radius 2 is 2.06 bits per heavy atom. The first-order chi connectivity index (χ1) is 8.52. The molecule has 0 bridgehead atoms. The van der Waals surface area contributed by atoms with Gasteiger partial charge in [0.15, 0.2) is 0 Å². The number of benzene rings is 1. The van der Waals surface area contributed by atoms with Crippen LogP contribution >= 0.6 is 0 Å². The van der Waals surface area contributed by atoms with E-state index >= 15 is 0 Å². The second-order valence-electron chi connectivity index (χ2n) is 5.45. The molecule has 0 spiro atoms. The maximum Gasteiger partial charge on any atom is 0.240 e. The van der Waals surface area contributed by atoms with E-state index in [1.807, 2.05) is 24.9 Å². The van der Waals surface area contributed by atoms with Gasteiger partial charge in [-0.15, -0.1) is 0 Å². The Morgan fingerprint density at radius 3 is 2.67 bits per heavy atom. The van der Waals surface area contributed by atoms with Crippen LogP contribution in [0.15, 0.2) is 24.3 Å². The number of fused-ring (bicyclic) bond motifs is 1. The van der Waals surface area contributed by atoms with Crippen molar-refractivity contribution in [2.45, 2.75) is 38.8 Å². The van der Waals surface area contributed by atoms with Crippen LogP contribution in [0.25, 0.3) is 0 Å². The number of nitrogens with one attached hydrogen (secondary N) is 1. The first-order valence-corrected chi connectivity index (χ1v) is 6.56. The van der Waals surface area contributed by atoms with Crippen molar-refractivity contribution < 1.29 is 4.79 Å². The normalized spacial score (nSPS) is 22.6. The molecule has 1 amide bonds. The molecule has 1 aliphatic rings. The van der Waals surface area contributed by atoms with Crippen LogP contribution in [0.3, 0.4) is 0 Å². The first-order valence-electron chi connectivity index (χ1n) is 6.56. The van der Waals surface area contributed by atoms with Crippen LogP contribution in [0.4, 0.5) is 0 Å². The van der Waals surface area contributed by atoms with Gasteiger partial charge in [-0.05, 0) is 25.1 Å². The first kappa shape index (κ1) is 13.1. The highest BCUT2D eigenvalue weighted by Gasteiger charge is 2.41. The lowest BCUT2D eigenvalue weighted by molar-refractivity contribution is -0.134. The van der Waals surface area contributed by atoms with Crippen molar-refractivity contribution >= 4 is 5.91 Å². The lowest BCUT2D eigenvalue weighted by Crippen LogP contribution is -2.52. The smallest absolute Gasteiger partial charge is 0.240 e. The van der Waals surface area contributed by atoms with Crippen molar-refractivity contribution in [3.8, 4) is 0 Å². The van der Waals surface area contributed by atoms with E-state index in [1.54, 1.807) is 0 Å². The molecule has 3 heteroatoms. The molecule has 0 fully saturated rings. The monoisotopic (exact) mass is 246 g/mol. The number of carbonyl (C=O) groups excluding carboxylic acids is 1. The van der Waals surface area contributed by atoms with E-state index in [0.29, 0.717) is 6.54 Å². The molecule has 0 aromatic heterocycles. The number of amides is 1. The number of rotatable bonds is 2. The van der Waals surface area contributed by atoms with Gasteiger partial charge >= 0.3 is 0 Å². The summed E-state index contributed by atoms with van der Waals surface area (Å²) in [7, 11) is 1.87. The Bertz CT molecular complexity index is 454. The Hall–Kier alpha value is -1.35. The fourth-order valence-electron chi connectivity index (χ4n) is 2.97. The molecule has 1 aromatic carbocycles. The fourth-order valence-corrected chi connectivity index (χ4v) is 2.97. The summed E-state index contributed by atoms with van der Waals surface area (Å²) in [6.45, 7) is 7.79. The highest BCUT2D eigenvalue weighted by atomic mass is 16.2. The van der Waals surface area contributed by atoms with Gasteiger partial charge in [-0.1, -0.05) is 38.1 Å². The van der Waals surface area contributed by atoms with Crippen LogP contribution in [0.2, 0.25) is 0 Å². The van der Waals surface area contributed by atoms with Crippen LogP contribution in [-0.4, -0.2) is 30.4 Å². The Balaban J connectivity index is 2.57. The summed E-state index contributed by atoms with van der Waals surface area (Å²) in [5.41, 5.74) is 2.34. The zero-order chi connectivity index (χ0) is 13.3. The van der Waals surface area contributed by atoms with Crippen LogP contribution in [0, 0.1) is 0 Å². The van der Waals surface area contributed by atoms with Gasteiger partial charge < -0.3 is 10.2 Å². The predicted molar refractivity (Wildman–Crippen MR) is 73.4 cm³/mol. The lowest BCUT2D eigenvalue weighted by Gasteiger charge is -2.33. The van der Waals surface area contributed by atoms with Gasteiger partial charge in [0.1, 0.15) is 0 Å². The summed E-state index contributed by atoms with van der Waals surface area (Å²) in [6, 6.07) is 8.21. The minimum atomic E-state index is -0.188. The molecule has 0 saturated carbocycles. The van der Waals surface area contributed by atoms with E-state index in [1.165, 1.54) is 11.1 Å². The van der Waals surface area contributed by atoms with E-state index in [2.05, 4.69) is 37.4 Å². The zero-order valence-corrected chi connectivity index (χ0v) is 11.7. The van der Waals surface area contributed by atoms with Crippen molar-refractivity contribution in [1.82, 2.24) is 10.2 Å². The standard InChI is InChI=1S/C15H22N2O/c1-5-17-10-11-8-6-7-9-12(11)15(2,3)13(16-4)14(17)18/h6-9,13,16H,5,10H2,1-4H3. The van der Waals surface area contributed by atoms with Crippen molar-refractivity contribution in [1.29, 1.82) is 0 Å². The number of likely N-dealkylation sites (N-methyl/N-ethyl adjacent to an activating group) is 2. The van der Waals surface area contributed by atoms with Crippen LogP contribution in [0.1, 0.15) is 31.9 Å². The number of carbonyl (C=O) groups is 1. The summed E-state index contributed by atoms with van der Waals surface area (Å²) in [5.74, 6) is 0.196. The zero-order valence-electron chi connectivity index (χ0n) is 11.7. The molecule has 1 heterocycles. The van der Waals surface area contributed by atoms with Gasteiger partial charge in [0.2, 0.25) is 5.91 Å². The fraction of sp³-hybridized carbons (Fsp3) is 0.533. The molecule has 3 nitrogen and oxygen atoms in total. The van der Waals surface area contributed by atoms with Crippen LogP contribution in [0.5, 0.6) is 0 Å². The lowest BCUT2D eigenvalue weighted by atomic mass is 9.76. The van der Waals surface area contributed by atoms with Crippen LogP contribution in [-0.2, 0) is 16.8 Å². The molecule has 0 radical (unpaired) electrons. The largest absolute Gasteiger partial charge is 0.337 e. The molecule has 1 aliphatic heterocycles. The molecule has 2 rings (SSSR count). The predicted octanol–water partition coefficient (Wildman–Crippen LogP) is 1.91. The topological polar surface area (TPSA) is 32.3 Å². The Kier molecular flexibility index (Phi) is 3.44. The van der Waals surface area contributed by atoms with E-state index < -0.39 is 0 Å². The van der Waals surface area contributed by atoms with Crippen molar-refractivity contribution in [2.24, 2.45) is 0 Å². The average molecular weight is 246 g/mol. The average Bonchev–Trinajstić information content (AvgIpc) is 2.43. The second-order valence-corrected chi connectivity index (χ2v) is 5.45. The van der Waals surface area contributed by atoms with Gasteiger partial charge in [0.05, 0.1) is 6.04 Å². The van der Waals surface area contributed by atoms with E-state index in [-0.39, 0.29) is 17.4 Å². The molecule has 1 N–H and O–H groups in total. The number of hydrogen-bond acceptors (Lipinski definition) is 2. The summed E-state index contributed by atoms with van der Waals surface area (Å²) in [6.07, 6.45) is 0. The van der Waals surface area contributed by atoms with Gasteiger partial charge in [0, 0.05) is 18.5 Å². The number of hydrogen-bond donors (Lipinski definition) is 1. The third kappa shape index (κ3) is 1.93. The molecule has 1 unspecified atom stereocenters. The van der Waals surface area contributed by atoms with Crippen molar-refractivity contribution in [3.63, 3.8) is 0 Å². The van der Waals surface area contributed by atoms with Gasteiger partial charge in [-0.2, -0.15) is 0 Å². The van der Waals surface area contributed by atoms with Gasteiger partial charge in [-0.25, -0.2) is 0 Å². The molecule has 1 aromatic rings. The SMILES string of the molecule is CCN1Cc2ccccc2C(C)(C)C(NC)C1=O.